The lowest BCUT2D eigenvalue weighted by Crippen LogP contribution is -2.50. The molecule has 0 aliphatic carbocycles. The first kappa shape index (κ1) is 15.9. The Hall–Kier alpha value is -0.130. The van der Waals surface area contributed by atoms with Crippen molar-refractivity contribution in [3.63, 3.8) is 0 Å². The molecule has 18 heavy (non-hydrogen) atoms. The van der Waals surface area contributed by atoms with Crippen LogP contribution in [-0.2, 0) is 10.0 Å². The van der Waals surface area contributed by atoms with Crippen LogP contribution in [0.25, 0.3) is 0 Å². The lowest BCUT2D eigenvalue weighted by Gasteiger charge is -2.39. The van der Waals surface area contributed by atoms with Gasteiger partial charge in [0.1, 0.15) is 0 Å². The quantitative estimate of drug-likeness (QED) is 0.742. The van der Waals surface area contributed by atoms with E-state index in [0.717, 1.165) is 19.6 Å². The zero-order chi connectivity index (χ0) is 13.8. The maximum atomic E-state index is 11.4. The molecule has 1 saturated heterocycles. The van der Waals surface area contributed by atoms with E-state index in [1.807, 2.05) is 0 Å². The second-order valence-corrected chi connectivity index (χ2v) is 7.83. The summed E-state index contributed by atoms with van der Waals surface area (Å²) in [5, 5.41) is 0. The van der Waals surface area contributed by atoms with Gasteiger partial charge in [-0.3, -0.25) is 0 Å². The molecule has 0 saturated carbocycles. The number of hydrogen-bond donors (Lipinski definition) is 0. The summed E-state index contributed by atoms with van der Waals surface area (Å²) < 4.78 is 24.5. The Bertz CT molecular complexity index is 348. The largest absolute Gasteiger partial charge is 0.300 e. The predicted molar refractivity (Wildman–Crippen MR) is 76.2 cm³/mol. The lowest BCUT2D eigenvalue weighted by molar-refractivity contribution is 0.113. The molecule has 1 rings (SSSR count). The molecule has 1 atom stereocenters. The van der Waals surface area contributed by atoms with Crippen LogP contribution in [0.1, 0.15) is 40.0 Å². The van der Waals surface area contributed by atoms with Crippen LogP contribution in [0.5, 0.6) is 0 Å². The summed E-state index contributed by atoms with van der Waals surface area (Å²) in [6.07, 6.45) is 4.95. The van der Waals surface area contributed by atoms with Gasteiger partial charge in [-0.25, -0.2) is 8.42 Å². The van der Waals surface area contributed by atoms with Crippen LogP contribution in [0.2, 0.25) is 0 Å². The van der Waals surface area contributed by atoms with E-state index in [1.54, 1.807) is 4.31 Å². The molecule has 4 nitrogen and oxygen atoms in total. The molecule has 0 bridgehead atoms. The Kier molecular flexibility index (Phi) is 5.62. The highest BCUT2D eigenvalue weighted by Gasteiger charge is 2.28. The highest BCUT2D eigenvalue weighted by molar-refractivity contribution is 7.88. The summed E-state index contributed by atoms with van der Waals surface area (Å²) >= 11 is 0. The first-order valence-electron chi connectivity index (χ1n) is 6.98. The van der Waals surface area contributed by atoms with Crippen LogP contribution in [0, 0.1) is 5.41 Å². The third-order valence-corrected chi connectivity index (χ3v) is 5.42. The van der Waals surface area contributed by atoms with Crippen LogP contribution in [-0.4, -0.2) is 56.6 Å². The van der Waals surface area contributed by atoms with E-state index < -0.39 is 10.0 Å². The summed E-state index contributed by atoms with van der Waals surface area (Å²) in [4.78, 5) is 2.42. The van der Waals surface area contributed by atoms with Gasteiger partial charge in [0, 0.05) is 32.7 Å². The molecule has 1 heterocycles. The Balaban J connectivity index is 2.48. The summed E-state index contributed by atoms with van der Waals surface area (Å²) in [6.45, 7) is 10.9. The first-order valence-corrected chi connectivity index (χ1v) is 8.83. The second kappa shape index (κ2) is 6.35. The molecule has 5 heteroatoms. The van der Waals surface area contributed by atoms with Crippen molar-refractivity contribution in [2.75, 3.05) is 39.0 Å². The van der Waals surface area contributed by atoms with E-state index in [9.17, 15) is 8.42 Å². The van der Waals surface area contributed by atoms with Crippen LogP contribution in [0.4, 0.5) is 0 Å². The smallest absolute Gasteiger partial charge is 0.211 e. The van der Waals surface area contributed by atoms with Crippen molar-refractivity contribution in [3.05, 3.63) is 0 Å². The molecule has 1 aliphatic heterocycles. The third-order valence-electron chi connectivity index (χ3n) is 4.11. The molecular formula is C13H28N2O2S. The second-order valence-electron chi connectivity index (χ2n) is 5.85. The fourth-order valence-electron chi connectivity index (χ4n) is 2.73. The van der Waals surface area contributed by atoms with E-state index in [0.29, 0.717) is 18.5 Å². The van der Waals surface area contributed by atoms with Gasteiger partial charge >= 0.3 is 0 Å². The Morgan fingerprint density at radius 2 is 1.67 bits per heavy atom. The molecule has 0 N–H and O–H groups in total. The van der Waals surface area contributed by atoms with Crippen molar-refractivity contribution in [2.45, 2.75) is 40.0 Å². The molecule has 1 unspecified atom stereocenters. The molecule has 1 aliphatic rings. The van der Waals surface area contributed by atoms with Crippen molar-refractivity contribution in [1.29, 1.82) is 0 Å². The first-order chi connectivity index (χ1) is 8.30. The number of nitrogens with zero attached hydrogens (tertiary/aromatic N) is 2. The normalized spacial score (nSPS) is 22.9. The number of piperazine rings is 1. The Morgan fingerprint density at radius 3 is 2.06 bits per heavy atom. The molecule has 0 aromatic carbocycles. The van der Waals surface area contributed by atoms with Gasteiger partial charge in [-0.1, -0.05) is 27.2 Å². The zero-order valence-corrected chi connectivity index (χ0v) is 13.1. The Labute approximate surface area is 112 Å². The fourth-order valence-corrected chi connectivity index (χ4v) is 3.56. The zero-order valence-electron chi connectivity index (χ0n) is 12.3. The highest BCUT2D eigenvalue weighted by atomic mass is 32.2. The van der Waals surface area contributed by atoms with Gasteiger partial charge in [-0.15, -0.1) is 0 Å². The monoisotopic (exact) mass is 276 g/mol. The van der Waals surface area contributed by atoms with Crippen LogP contribution in [0.3, 0.4) is 0 Å². The van der Waals surface area contributed by atoms with Gasteiger partial charge in [-0.2, -0.15) is 4.31 Å². The van der Waals surface area contributed by atoms with Crippen molar-refractivity contribution in [1.82, 2.24) is 9.21 Å². The van der Waals surface area contributed by atoms with Gasteiger partial charge < -0.3 is 4.90 Å². The SMILES string of the molecule is CCCC(C)(CC)CN1CCN(S(C)(=O)=O)CC1. The minimum atomic E-state index is -3.00. The molecule has 0 spiro atoms. The average Bonchev–Trinajstić information content (AvgIpc) is 2.29. The Morgan fingerprint density at radius 1 is 1.11 bits per heavy atom. The topological polar surface area (TPSA) is 40.6 Å². The number of sulfonamides is 1. The van der Waals surface area contributed by atoms with Crippen LogP contribution in [0.15, 0.2) is 0 Å². The standard InChI is InChI=1S/C13H28N2O2S/c1-5-7-13(3,6-2)12-14-8-10-15(11-9-14)18(4,16)17/h5-12H2,1-4H3. The van der Waals surface area contributed by atoms with Crippen molar-refractivity contribution in [3.8, 4) is 0 Å². The van der Waals surface area contributed by atoms with Gasteiger partial charge in [0.15, 0.2) is 0 Å². The van der Waals surface area contributed by atoms with Crippen molar-refractivity contribution in [2.24, 2.45) is 5.41 Å². The number of rotatable bonds is 6. The molecule has 0 aromatic heterocycles. The van der Waals surface area contributed by atoms with Gasteiger partial charge in [-0.05, 0) is 18.3 Å². The van der Waals surface area contributed by atoms with Crippen molar-refractivity contribution >= 4 is 10.0 Å². The third kappa shape index (κ3) is 4.52. The molecule has 108 valence electrons. The maximum Gasteiger partial charge on any atom is 0.211 e. The molecule has 1 fully saturated rings. The van der Waals surface area contributed by atoms with Gasteiger partial charge in [0.25, 0.3) is 0 Å². The average molecular weight is 276 g/mol. The highest BCUT2D eigenvalue weighted by Crippen LogP contribution is 2.28. The van der Waals surface area contributed by atoms with Gasteiger partial charge in [0.2, 0.25) is 10.0 Å². The minimum Gasteiger partial charge on any atom is -0.300 e. The summed E-state index contributed by atoms with van der Waals surface area (Å²) in [5.74, 6) is 0. The van der Waals surface area contributed by atoms with E-state index in [1.165, 1.54) is 25.5 Å². The van der Waals surface area contributed by atoms with E-state index in [2.05, 4.69) is 25.7 Å². The summed E-state index contributed by atoms with van der Waals surface area (Å²) in [7, 11) is -3.00. The molecular weight excluding hydrogens is 248 g/mol. The van der Waals surface area contributed by atoms with Gasteiger partial charge in [0.05, 0.1) is 6.26 Å². The predicted octanol–water partition coefficient (Wildman–Crippen LogP) is 1.78. The van der Waals surface area contributed by atoms with Crippen molar-refractivity contribution < 1.29 is 8.42 Å². The van der Waals surface area contributed by atoms with E-state index in [-0.39, 0.29) is 0 Å². The molecule has 0 aromatic rings. The molecule has 0 radical (unpaired) electrons. The maximum absolute atomic E-state index is 11.4. The van der Waals surface area contributed by atoms with Crippen LogP contribution < -0.4 is 0 Å². The summed E-state index contributed by atoms with van der Waals surface area (Å²) in [6, 6.07) is 0. The van der Waals surface area contributed by atoms with Crippen LogP contribution >= 0.6 is 0 Å². The van der Waals surface area contributed by atoms with E-state index in [4.69, 9.17) is 0 Å². The van der Waals surface area contributed by atoms with E-state index >= 15 is 0 Å². The number of hydrogen-bond acceptors (Lipinski definition) is 3. The molecule has 0 amide bonds. The lowest BCUT2D eigenvalue weighted by atomic mass is 9.82. The minimum absolute atomic E-state index is 0.377. The fraction of sp³-hybridized carbons (Fsp3) is 1.00. The summed E-state index contributed by atoms with van der Waals surface area (Å²) in [5.41, 5.74) is 0.377.